The summed E-state index contributed by atoms with van der Waals surface area (Å²) in [6.07, 6.45) is 2.48. The minimum absolute atomic E-state index is 0.195. The molecule has 0 radical (unpaired) electrons. The van der Waals surface area contributed by atoms with Crippen molar-refractivity contribution in [1.82, 2.24) is 0 Å². The summed E-state index contributed by atoms with van der Waals surface area (Å²) in [5.41, 5.74) is 3.52. The van der Waals surface area contributed by atoms with Gasteiger partial charge in [0.15, 0.2) is 0 Å². The van der Waals surface area contributed by atoms with Gasteiger partial charge in [0.25, 0.3) is 0 Å². The van der Waals surface area contributed by atoms with Crippen molar-refractivity contribution in [2.75, 3.05) is 0 Å². The van der Waals surface area contributed by atoms with Crippen LogP contribution < -0.4 is 0 Å². The van der Waals surface area contributed by atoms with Crippen LogP contribution in [0.2, 0.25) is 0 Å². The first-order chi connectivity index (χ1) is 7.69. The van der Waals surface area contributed by atoms with Gasteiger partial charge in [0.1, 0.15) is 5.78 Å². The highest BCUT2D eigenvalue weighted by molar-refractivity contribution is 5.83. The van der Waals surface area contributed by atoms with Crippen LogP contribution in [-0.4, -0.2) is 5.78 Å². The van der Waals surface area contributed by atoms with Crippen molar-refractivity contribution in [3.8, 4) is 0 Å². The van der Waals surface area contributed by atoms with Crippen LogP contribution in [0.3, 0.4) is 0 Å². The largest absolute Gasteiger partial charge is 0.299 e. The summed E-state index contributed by atoms with van der Waals surface area (Å²) in [5, 5.41) is 0. The molecule has 0 unspecified atom stereocenters. The molecular weight excluding hydrogens is 208 g/mol. The van der Waals surface area contributed by atoms with Crippen LogP contribution in [-0.2, 0) is 4.79 Å². The van der Waals surface area contributed by atoms with E-state index >= 15 is 0 Å². The highest BCUT2D eigenvalue weighted by Gasteiger charge is 2.49. The fraction of sp³-hybridized carbons (Fsp3) is 0.812. The Morgan fingerprint density at radius 3 is 1.88 bits per heavy atom. The van der Waals surface area contributed by atoms with E-state index in [1.165, 1.54) is 5.57 Å². The van der Waals surface area contributed by atoms with Gasteiger partial charge >= 0.3 is 0 Å². The van der Waals surface area contributed by atoms with E-state index in [4.69, 9.17) is 0 Å². The van der Waals surface area contributed by atoms with E-state index in [-0.39, 0.29) is 10.8 Å². The topological polar surface area (TPSA) is 17.1 Å². The molecule has 2 aliphatic carbocycles. The van der Waals surface area contributed by atoms with E-state index in [1.54, 1.807) is 5.57 Å². The van der Waals surface area contributed by atoms with Gasteiger partial charge < -0.3 is 0 Å². The first-order valence-corrected chi connectivity index (χ1v) is 6.93. The highest BCUT2D eigenvalue weighted by Crippen LogP contribution is 2.58. The van der Waals surface area contributed by atoms with Crippen molar-refractivity contribution in [2.24, 2.45) is 22.7 Å². The van der Waals surface area contributed by atoms with Crippen molar-refractivity contribution in [3.63, 3.8) is 0 Å². The number of rotatable bonds is 0. The number of carbonyl (C=O) groups excluding carboxylic acids is 1. The lowest BCUT2D eigenvalue weighted by atomic mass is 9.51. The molecule has 1 heteroatoms. The normalized spacial score (nSPS) is 35.8. The van der Waals surface area contributed by atoms with Crippen molar-refractivity contribution in [1.29, 1.82) is 0 Å². The molecule has 0 spiro atoms. The second-order valence-electron chi connectivity index (χ2n) is 7.19. The summed E-state index contributed by atoms with van der Waals surface area (Å²) in [5.74, 6) is 1.76. The molecule has 0 aromatic heterocycles. The number of allylic oxidation sites excluding steroid dienone is 2. The molecule has 0 saturated carbocycles. The lowest BCUT2D eigenvalue weighted by Crippen LogP contribution is -2.45. The maximum atomic E-state index is 11.8. The summed E-state index contributed by atoms with van der Waals surface area (Å²) < 4.78 is 0. The van der Waals surface area contributed by atoms with Crippen LogP contribution >= 0.6 is 0 Å². The van der Waals surface area contributed by atoms with Crippen LogP contribution in [0.1, 0.15) is 60.8 Å². The SMILES string of the molecule is C[C@H]1[C@H](C)C(C)(C)C2=C(CCC(=O)C2)C1(C)C. The number of Topliss-reactive ketones (excluding diaryl/α,β-unsaturated/α-hetero) is 1. The number of hydrogen-bond donors (Lipinski definition) is 0. The number of ketones is 1. The Hall–Kier alpha value is -0.590. The first-order valence-electron chi connectivity index (χ1n) is 6.93. The number of carbonyl (C=O) groups is 1. The maximum absolute atomic E-state index is 11.8. The van der Waals surface area contributed by atoms with Gasteiger partial charge in [-0.05, 0) is 29.1 Å². The van der Waals surface area contributed by atoms with Crippen molar-refractivity contribution < 1.29 is 4.79 Å². The van der Waals surface area contributed by atoms with Gasteiger partial charge in [-0.2, -0.15) is 0 Å². The van der Waals surface area contributed by atoms with Gasteiger partial charge in [0.05, 0.1) is 0 Å². The van der Waals surface area contributed by atoms with Crippen LogP contribution in [0, 0.1) is 22.7 Å². The molecule has 0 heterocycles. The molecule has 0 saturated heterocycles. The average molecular weight is 234 g/mol. The molecule has 0 aromatic rings. The average Bonchev–Trinajstić information content (AvgIpc) is 2.25. The van der Waals surface area contributed by atoms with E-state index in [1.807, 2.05) is 0 Å². The summed E-state index contributed by atoms with van der Waals surface area (Å²) in [4.78, 5) is 11.8. The minimum Gasteiger partial charge on any atom is -0.299 e. The molecule has 17 heavy (non-hydrogen) atoms. The van der Waals surface area contributed by atoms with Gasteiger partial charge in [-0.3, -0.25) is 4.79 Å². The molecule has 1 nitrogen and oxygen atoms in total. The summed E-state index contributed by atoms with van der Waals surface area (Å²) in [6, 6.07) is 0. The Balaban J connectivity index is 2.58. The smallest absolute Gasteiger partial charge is 0.137 e. The molecule has 0 N–H and O–H groups in total. The molecule has 2 atom stereocenters. The van der Waals surface area contributed by atoms with E-state index in [2.05, 4.69) is 41.5 Å². The molecule has 2 aliphatic rings. The third kappa shape index (κ3) is 1.70. The van der Waals surface area contributed by atoms with Gasteiger partial charge in [-0.25, -0.2) is 0 Å². The Kier molecular flexibility index (Phi) is 2.80. The van der Waals surface area contributed by atoms with Crippen LogP contribution in [0.15, 0.2) is 11.1 Å². The van der Waals surface area contributed by atoms with Gasteiger partial charge in [0.2, 0.25) is 0 Å². The minimum atomic E-state index is 0.195. The van der Waals surface area contributed by atoms with E-state index in [9.17, 15) is 4.79 Å². The highest BCUT2D eigenvalue weighted by atomic mass is 16.1. The van der Waals surface area contributed by atoms with Gasteiger partial charge in [-0.15, -0.1) is 0 Å². The third-order valence-corrected chi connectivity index (χ3v) is 5.97. The molecule has 2 rings (SSSR count). The summed E-state index contributed by atoms with van der Waals surface area (Å²) >= 11 is 0. The summed E-state index contributed by atoms with van der Waals surface area (Å²) in [6.45, 7) is 14.1. The quantitative estimate of drug-likeness (QED) is 0.569. The van der Waals surface area contributed by atoms with Gasteiger partial charge in [0, 0.05) is 12.8 Å². The zero-order valence-corrected chi connectivity index (χ0v) is 12.2. The van der Waals surface area contributed by atoms with E-state index in [0.29, 0.717) is 24.0 Å². The zero-order chi connectivity index (χ0) is 13.0. The summed E-state index contributed by atoms with van der Waals surface area (Å²) in [7, 11) is 0. The molecule has 0 aliphatic heterocycles. The van der Waals surface area contributed by atoms with E-state index in [0.717, 1.165) is 12.8 Å². The Morgan fingerprint density at radius 2 is 1.35 bits per heavy atom. The van der Waals surface area contributed by atoms with Gasteiger partial charge in [-0.1, -0.05) is 52.7 Å². The second kappa shape index (κ2) is 3.70. The molecular formula is C16H26O. The monoisotopic (exact) mass is 234 g/mol. The predicted octanol–water partition coefficient (Wildman–Crippen LogP) is 4.37. The second-order valence-corrected chi connectivity index (χ2v) is 7.19. The fourth-order valence-corrected chi connectivity index (χ4v) is 3.93. The van der Waals surface area contributed by atoms with E-state index < -0.39 is 0 Å². The zero-order valence-electron chi connectivity index (χ0n) is 12.2. The lowest BCUT2D eigenvalue weighted by Gasteiger charge is -2.53. The lowest BCUT2D eigenvalue weighted by molar-refractivity contribution is -0.119. The van der Waals surface area contributed by atoms with Crippen molar-refractivity contribution >= 4 is 5.78 Å². The number of hydrogen-bond acceptors (Lipinski definition) is 1. The standard InChI is InChI=1S/C16H26O/c1-10-11(2)16(5,6)14-9-12(17)7-8-13(14)15(10,3)4/h10-11H,7-9H2,1-6H3/t10-,11-/m0/s1. The molecule has 0 amide bonds. The van der Waals surface area contributed by atoms with Crippen LogP contribution in [0.4, 0.5) is 0 Å². The van der Waals surface area contributed by atoms with Crippen LogP contribution in [0.25, 0.3) is 0 Å². The van der Waals surface area contributed by atoms with Crippen LogP contribution in [0.5, 0.6) is 0 Å². The molecule has 0 aromatic carbocycles. The van der Waals surface area contributed by atoms with Crippen molar-refractivity contribution in [3.05, 3.63) is 11.1 Å². The first kappa shape index (κ1) is 12.9. The predicted molar refractivity (Wildman–Crippen MR) is 71.8 cm³/mol. The maximum Gasteiger partial charge on any atom is 0.137 e. The Labute approximate surface area is 106 Å². The fourth-order valence-electron chi connectivity index (χ4n) is 3.93. The molecule has 96 valence electrons. The third-order valence-electron chi connectivity index (χ3n) is 5.97. The Bertz CT molecular complexity index is 384. The Morgan fingerprint density at radius 1 is 0.882 bits per heavy atom. The molecule has 0 bridgehead atoms. The molecule has 0 fully saturated rings. The van der Waals surface area contributed by atoms with Crippen molar-refractivity contribution in [2.45, 2.75) is 60.8 Å².